The van der Waals surface area contributed by atoms with Gasteiger partial charge in [-0.15, -0.1) is 24.8 Å². The van der Waals surface area contributed by atoms with E-state index in [1.54, 1.807) is 12.1 Å². The zero-order valence-electron chi connectivity index (χ0n) is 16.7. The van der Waals surface area contributed by atoms with Gasteiger partial charge in [-0.05, 0) is 55.3 Å². The Morgan fingerprint density at radius 3 is 2.72 bits per heavy atom. The minimum absolute atomic E-state index is 0. The van der Waals surface area contributed by atoms with Gasteiger partial charge in [0.05, 0.1) is 5.92 Å². The summed E-state index contributed by atoms with van der Waals surface area (Å²) in [6.45, 7) is 6.02. The number of para-hydroxylation sites is 1. The molecule has 160 valence electrons. The van der Waals surface area contributed by atoms with Crippen molar-refractivity contribution in [3.63, 3.8) is 0 Å². The normalized spacial score (nSPS) is 16.4. The monoisotopic (exact) mass is 441 g/mol. The number of carbonyl (C=O) groups is 1. The SMILES string of the molecule is CCNCc1ccccc1NC(=O)C1CCCN(Cc2cccc(F)c2)C1.Cl.Cl. The fraction of sp³-hybridized carbons (Fsp3) is 0.409. The molecule has 1 saturated heterocycles. The van der Waals surface area contributed by atoms with Crippen molar-refractivity contribution in [3.05, 3.63) is 65.5 Å². The van der Waals surface area contributed by atoms with Crippen LogP contribution in [0.2, 0.25) is 0 Å². The van der Waals surface area contributed by atoms with Crippen molar-refractivity contribution >= 4 is 36.4 Å². The fourth-order valence-corrected chi connectivity index (χ4v) is 3.60. The largest absolute Gasteiger partial charge is 0.326 e. The number of carbonyl (C=O) groups excluding carboxylic acids is 1. The predicted octanol–water partition coefficient (Wildman–Crippen LogP) is 4.63. The van der Waals surface area contributed by atoms with Crippen molar-refractivity contribution < 1.29 is 9.18 Å². The summed E-state index contributed by atoms with van der Waals surface area (Å²) in [5.41, 5.74) is 2.93. The molecule has 0 radical (unpaired) electrons. The van der Waals surface area contributed by atoms with E-state index in [1.165, 1.54) is 6.07 Å². The molecule has 7 heteroatoms. The van der Waals surface area contributed by atoms with Gasteiger partial charge in [-0.1, -0.05) is 37.3 Å². The molecule has 2 aromatic carbocycles. The standard InChI is InChI=1S/C22H28FN3O.2ClH/c1-2-24-14-18-8-3-4-11-21(18)25-22(27)19-9-6-12-26(16-19)15-17-7-5-10-20(23)13-17;;/h3-5,7-8,10-11,13,19,24H,2,6,9,12,14-16H2,1H3,(H,25,27);2*1H. The minimum atomic E-state index is -0.212. The lowest BCUT2D eigenvalue weighted by atomic mass is 9.96. The van der Waals surface area contributed by atoms with E-state index in [-0.39, 0.29) is 42.5 Å². The average molecular weight is 442 g/mol. The van der Waals surface area contributed by atoms with Crippen LogP contribution in [0.4, 0.5) is 10.1 Å². The number of likely N-dealkylation sites (tertiary alicyclic amines) is 1. The first-order valence-corrected chi connectivity index (χ1v) is 9.72. The van der Waals surface area contributed by atoms with Crippen LogP contribution in [0.3, 0.4) is 0 Å². The smallest absolute Gasteiger partial charge is 0.228 e. The Morgan fingerprint density at radius 1 is 1.17 bits per heavy atom. The zero-order valence-corrected chi connectivity index (χ0v) is 18.3. The highest BCUT2D eigenvalue weighted by atomic mass is 35.5. The summed E-state index contributed by atoms with van der Waals surface area (Å²) in [6, 6.07) is 14.6. The van der Waals surface area contributed by atoms with Gasteiger partial charge in [0.25, 0.3) is 0 Å². The van der Waals surface area contributed by atoms with Gasteiger partial charge in [0.15, 0.2) is 0 Å². The Kier molecular flexibility index (Phi) is 11.2. The third-order valence-electron chi connectivity index (χ3n) is 5.01. The molecular weight excluding hydrogens is 412 g/mol. The van der Waals surface area contributed by atoms with Gasteiger partial charge in [0.2, 0.25) is 5.91 Å². The summed E-state index contributed by atoms with van der Waals surface area (Å²) in [4.78, 5) is 15.1. The van der Waals surface area contributed by atoms with Gasteiger partial charge in [0.1, 0.15) is 5.82 Å². The third kappa shape index (κ3) is 7.59. The van der Waals surface area contributed by atoms with Crippen molar-refractivity contribution in [1.29, 1.82) is 0 Å². The second-order valence-corrected chi connectivity index (χ2v) is 7.13. The Hall–Kier alpha value is -1.66. The van der Waals surface area contributed by atoms with Crippen LogP contribution < -0.4 is 10.6 Å². The molecule has 2 N–H and O–H groups in total. The number of rotatable bonds is 7. The molecule has 1 amide bonds. The Balaban J connectivity index is 0.00000210. The fourth-order valence-electron chi connectivity index (χ4n) is 3.60. The van der Waals surface area contributed by atoms with Crippen LogP contribution in [0.15, 0.2) is 48.5 Å². The molecule has 3 rings (SSSR count). The molecular formula is C22H30Cl2FN3O. The summed E-state index contributed by atoms with van der Waals surface area (Å²) in [5, 5.41) is 6.42. The molecule has 1 aliphatic heterocycles. The maximum absolute atomic E-state index is 13.4. The number of halogens is 3. The number of amides is 1. The first kappa shape index (κ1) is 25.4. The highest BCUT2D eigenvalue weighted by Crippen LogP contribution is 2.22. The molecule has 29 heavy (non-hydrogen) atoms. The van der Waals surface area contributed by atoms with E-state index in [0.717, 1.165) is 49.3 Å². The van der Waals surface area contributed by atoms with Gasteiger partial charge < -0.3 is 10.6 Å². The van der Waals surface area contributed by atoms with Gasteiger partial charge >= 0.3 is 0 Å². The first-order valence-electron chi connectivity index (χ1n) is 9.72. The molecule has 0 spiro atoms. The maximum Gasteiger partial charge on any atom is 0.228 e. The van der Waals surface area contributed by atoms with Gasteiger partial charge in [-0.25, -0.2) is 4.39 Å². The molecule has 0 saturated carbocycles. The molecule has 1 fully saturated rings. The molecule has 1 unspecified atom stereocenters. The van der Waals surface area contributed by atoms with Crippen LogP contribution in [-0.4, -0.2) is 30.4 Å². The molecule has 0 aromatic heterocycles. The van der Waals surface area contributed by atoms with E-state index >= 15 is 0 Å². The van der Waals surface area contributed by atoms with E-state index in [1.807, 2.05) is 30.3 Å². The van der Waals surface area contributed by atoms with Crippen molar-refractivity contribution in [2.45, 2.75) is 32.9 Å². The second kappa shape index (κ2) is 12.8. The molecule has 1 atom stereocenters. The number of hydrogen-bond acceptors (Lipinski definition) is 3. The van der Waals surface area contributed by atoms with E-state index in [4.69, 9.17) is 0 Å². The Morgan fingerprint density at radius 2 is 1.97 bits per heavy atom. The zero-order chi connectivity index (χ0) is 19.1. The molecule has 4 nitrogen and oxygen atoms in total. The number of anilines is 1. The van der Waals surface area contributed by atoms with E-state index in [2.05, 4.69) is 22.5 Å². The lowest BCUT2D eigenvalue weighted by molar-refractivity contribution is -0.121. The van der Waals surface area contributed by atoms with Crippen molar-refractivity contribution in [2.24, 2.45) is 5.92 Å². The maximum atomic E-state index is 13.4. The van der Waals surface area contributed by atoms with Gasteiger partial charge in [0, 0.05) is 25.3 Å². The molecule has 2 aromatic rings. The van der Waals surface area contributed by atoms with Gasteiger partial charge in [-0.3, -0.25) is 9.69 Å². The number of nitrogens with one attached hydrogen (secondary N) is 2. The summed E-state index contributed by atoms with van der Waals surface area (Å²) in [6.07, 6.45) is 1.87. The first-order chi connectivity index (χ1) is 13.2. The van der Waals surface area contributed by atoms with Crippen molar-refractivity contribution in [3.8, 4) is 0 Å². The van der Waals surface area contributed by atoms with Crippen LogP contribution in [0.5, 0.6) is 0 Å². The van der Waals surface area contributed by atoms with Crippen LogP contribution in [-0.2, 0) is 17.9 Å². The molecule has 0 aliphatic carbocycles. The quantitative estimate of drug-likeness (QED) is 0.657. The summed E-state index contributed by atoms with van der Waals surface area (Å²) < 4.78 is 13.4. The van der Waals surface area contributed by atoms with Crippen LogP contribution in [0, 0.1) is 11.7 Å². The molecule has 1 heterocycles. The number of hydrogen-bond donors (Lipinski definition) is 2. The molecule has 0 bridgehead atoms. The molecule has 1 aliphatic rings. The van der Waals surface area contributed by atoms with E-state index < -0.39 is 0 Å². The van der Waals surface area contributed by atoms with Crippen molar-refractivity contribution in [2.75, 3.05) is 25.0 Å². The Bertz CT molecular complexity index is 775. The average Bonchev–Trinajstić information content (AvgIpc) is 2.67. The van der Waals surface area contributed by atoms with Crippen molar-refractivity contribution in [1.82, 2.24) is 10.2 Å². The third-order valence-corrected chi connectivity index (χ3v) is 5.01. The lowest BCUT2D eigenvalue weighted by Crippen LogP contribution is -2.40. The number of piperidine rings is 1. The lowest BCUT2D eigenvalue weighted by Gasteiger charge is -2.32. The highest BCUT2D eigenvalue weighted by Gasteiger charge is 2.26. The van der Waals surface area contributed by atoms with Gasteiger partial charge in [-0.2, -0.15) is 0 Å². The second-order valence-electron chi connectivity index (χ2n) is 7.13. The topological polar surface area (TPSA) is 44.4 Å². The van der Waals surface area contributed by atoms with Crippen LogP contribution >= 0.6 is 24.8 Å². The number of benzene rings is 2. The summed E-state index contributed by atoms with van der Waals surface area (Å²) >= 11 is 0. The van der Waals surface area contributed by atoms with E-state index in [0.29, 0.717) is 13.1 Å². The summed E-state index contributed by atoms with van der Waals surface area (Å²) in [5.74, 6) is -0.182. The van der Waals surface area contributed by atoms with E-state index in [9.17, 15) is 9.18 Å². The van der Waals surface area contributed by atoms with Crippen LogP contribution in [0.1, 0.15) is 30.9 Å². The van der Waals surface area contributed by atoms with Crippen LogP contribution in [0.25, 0.3) is 0 Å². The highest BCUT2D eigenvalue weighted by molar-refractivity contribution is 5.93. The minimum Gasteiger partial charge on any atom is -0.326 e. The number of nitrogens with zero attached hydrogens (tertiary/aromatic N) is 1. The Labute approximate surface area is 185 Å². The summed E-state index contributed by atoms with van der Waals surface area (Å²) in [7, 11) is 0. The predicted molar refractivity (Wildman–Crippen MR) is 121 cm³/mol.